The smallest absolute Gasteiger partial charge is 0.282 e. The SMILES string of the molecule is O=C(COc1ccc2ccccc2c1C=Nn1c(-c2cc3ccccc3o2)nc2ccccc2c1=O)Nc1ccc(F)cc1. The lowest BCUT2D eigenvalue weighted by molar-refractivity contribution is -0.118. The number of nitrogens with zero attached hydrogens (tertiary/aromatic N) is 3. The summed E-state index contributed by atoms with van der Waals surface area (Å²) < 4.78 is 26.5. The number of hydrogen-bond donors (Lipinski definition) is 1. The van der Waals surface area contributed by atoms with Crippen LogP contribution < -0.4 is 15.6 Å². The van der Waals surface area contributed by atoms with Crippen molar-refractivity contribution in [2.24, 2.45) is 5.10 Å². The van der Waals surface area contributed by atoms with E-state index in [1.807, 2.05) is 66.7 Å². The van der Waals surface area contributed by atoms with Crippen LogP contribution in [-0.2, 0) is 4.79 Å². The Labute approximate surface area is 249 Å². The van der Waals surface area contributed by atoms with E-state index in [0.29, 0.717) is 39.2 Å². The summed E-state index contributed by atoms with van der Waals surface area (Å²) in [6.07, 6.45) is 1.53. The van der Waals surface area contributed by atoms with Gasteiger partial charge in [0.2, 0.25) is 5.82 Å². The molecule has 9 heteroatoms. The van der Waals surface area contributed by atoms with Crippen LogP contribution in [0, 0.1) is 5.82 Å². The van der Waals surface area contributed by atoms with Gasteiger partial charge in [0.05, 0.1) is 17.1 Å². The summed E-state index contributed by atoms with van der Waals surface area (Å²) in [7, 11) is 0. The molecule has 0 atom stereocenters. The van der Waals surface area contributed by atoms with Gasteiger partial charge < -0.3 is 14.5 Å². The average Bonchev–Trinajstić information content (AvgIpc) is 3.49. The minimum atomic E-state index is -0.422. The van der Waals surface area contributed by atoms with Crippen LogP contribution in [0.1, 0.15) is 5.56 Å². The minimum Gasteiger partial charge on any atom is -0.483 e. The normalized spacial score (nSPS) is 11.5. The number of rotatable bonds is 7. The Morgan fingerprint density at radius 2 is 1.61 bits per heavy atom. The summed E-state index contributed by atoms with van der Waals surface area (Å²) in [4.78, 5) is 31.2. The van der Waals surface area contributed by atoms with Crippen molar-refractivity contribution in [1.29, 1.82) is 0 Å². The Bertz CT molecular complexity index is 2240. The molecule has 7 rings (SSSR count). The highest BCUT2D eigenvalue weighted by atomic mass is 19.1. The van der Waals surface area contributed by atoms with Crippen molar-refractivity contribution in [1.82, 2.24) is 9.66 Å². The molecule has 7 aromatic rings. The van der Waals surface area contributed by atoms with Gasteiger partial charge in [-0.05, 0) is 65.4 Å². The molecule has 0 unspecified atom stereocenters. The number of ether oxygens (including phenoxy) is 1. The number of fused-ring (bicyclic) bond motifs is 3. The van der Waals surface area contributed by atoms with Crippen molar-refractivity contribution >= 4 is 50.5 Å². The van der Waals surface area contributed by atoms with E-state index < -0.39 is 11.7 Å². The molecule has 214 valence electrons. The van der Waals surface area contributed by atoms with Gasteiger partial charge in [-0.1, -0.05) is 60.7 Å². The molecule has 5 aromatic carbocycles. The molecule has 1 amide bonds. The van der Waals surface area contributed by atoms with Gasteiger partial charge >= 0.3 is 0 Å². The van der Waals surface area contributed by atoms with Crippen molar-refractivity contribution in [2.75, 3.05) is 11.9 Å². The van der Waals surface area contributed by atoms with Crippen LogP contribution >= 0.6 is 0 Å². The molecule has 0 saturated heterocycles. The summed E-state index contributed by atoms with van der Waals surface area (Å²) in [5, 5.41) is 10.3. The Kier molecular flexibility index (Phi) is 6.88. The molecule has 1 N–H and O–H groups in total. The zero-order chi connectivity index (χ0) is 30.0. The number of amides is 1. The standard InChI is InChI=1S/C35H23FN4O4/c36-24-14-16-25(17-15-24)38-33(41)21-43-31-18-13-22-7-1-3-9-26(22)28(31)20-37-40-34(32-19-23-8-2-6-12-30(23)44-32)39-29-11-5-4-10-27(29)35(40)42/h1-20H,21H2,(H,38,41). The second-order valence-electron chi connectivity index (χ2n) is 10.0. The van der Waals surface area contributed by atoms with Crippen LogP contribution in [0.5, 0.6) is 5.75 Å². The Morgan fingerprint density at radius 3 is 2.43 bits per heavy atom. The number of halogens is 1. The highest BCUT2D eigenvalue weighted by Crippen LogP contribution is 2.29. The van der Waals surface area contributed by atoms with Gasteiger partial charge in [-0.25, -0.2) is 9.37 Å². The van der Waals surface area contributed by atoms with Crippen LogP contribution in [0.4, 0.5) is 10.1 Å². The molecule has 2 heterocycles. The predicted octanol–water partition coefficient (Wildman–Crippen LogP) is 7.00. The number of nitrogens with one attached hydrogen (secondary N) is 1. The Hall–Kier alpha value is -6.09. The molecule has 0 fully saturated rings. The van der Waals surface area contributed by atoms with E-state index in [4.69, 9.17) is 14.1 Å². The summed E-state index contributed by atoms with van der Waals surface area (Å²) >= 11 is 0. The van der Waals surface area contributed by atoms with Gasteiger partial charge in [-0.15, -0.1) is 0 Å². The van der Waals surface area contributed by atoms with E-state index in [9.17, 15) is 14.0 Å². The molecule has 0 spiro atoms. The molecule has 0 saturated carbocycles. The van der Waals surface area contributed by atoms with Crippen LogP contribution in [0.2, 0.25) is 0 Å². The first-order valence-corrected chi connectivity index (χ1v) is 13.8. The number of hydrogen-bond acceptors (Lipinski definition) is 6. The number of para-hydroxylation sites is 2. The monoisotopic (exact) mass is 582 g/mol. The van der Waals surface area contributed by atoms with E-state index in [-0.39, 0.29) is 18.0 Å². The average molecular weight is 583 g/mol. The molecule has 44 heavy (non-hydrogen) atoms. The number of benzene rings is 5. The molecule has 0 radical (unpaired) electrons. The van der Waals surface area contributed by atoms with Crippen LogP contribution in [0.3, 0.4) is 0 Å². The second-order valence-corrected chi connectivity index (χ2v) is 10.0. The van der Waals surface area contributed by atoms with E-state index in [1.54, 1.807) is 24.3 Å². The number of carbonyl (C=O) groups excluding carboxylic acids is 1. The number of aromatic nitrogens is 2. The topological polar surface area (TPSA) is 98.7 Å². The lowest BCUT2D eigenvalue weighted by Gasteiger charge is -2.12. The maximum Gasteiger partial charge on any atom is 0.282 e. The second kappa shape index (κ2) is 11.3. The molecule has 0 bridgehead atoms. The lowest BCUT2D eigenvalue weighted by Crippen LogP contribution is -2.21. The van der Waals surface area contributed by atoms with Gasteiger partial charge in [0.15, 0.2) is 12.4 Å². The van der Waals surface area contributed by atoms with E-state index in [2.05, 4.69) is 10.4 Å². The summed E-state index contributed by atoms with van der Waals surface area (Å²) in [5.41, 5.74) is 1.81. The molecule has 0 aliphatic heterocycles. The maximum absolute atomic E-state index is 13.8. The molecule has 8 nitrogen and oxygen atoms in total. The highest BCUT2D eigenvalue weighted by Gasteiger charge is 2.17. The van der Waals surface area contributed by atoms with Gasteiger partial charge in [-0.3, -0.25) is 9.59 Å². The Morgan fingerprint density at radius 1 is 0.886 bits per heavy atom. The van der Waals surface area contributed by atoms with E-state index in [1.165, 1.54) is 35.2 Å². The molecule has 0 aliphatic carbocycles. The van der Waals surface area contributed by atoms with Gasteiger partial charge in [0, 0.05) is 16.6 Å². The summed E-state index contributed by atoms with van der Waals surface area (Å²) in [6, 6.07) is 33.2. The van der Waals surface area contributed by atoms with Gasteiger partial charge in [0.1, 0.15) is 17.1 Å². The molecule has 2 aromatic heterocycles. The van der Waals surface area contributed by atoms with Crippen LogP contribution in [-0.4, -0.2) is 28.4 Å². The quantitative estimate of drug-likeness (QED) is 0.204. The van der Waals surface area contributed by atoms with E-state index in [0.717, 1.165) is 16.2 Å². The van der Waals surface area contributed by atoms with Crippen molar-refractivity contribution < 1.29 is 18.3 Å². The highest BCUT2D eigenvalue weighted by molar-refractivity contribution is 6.03. The van der Waals surface area contributed by atoms with E-state index >= 15 is 0 Å². The largest absolute Gasteiger partial charge is 0.483 e. The lowest BCUT2D eigenvalue weighted by atomic mass is 10.0. The molecule has 0 aliphatic rings. The maximum atomic E-state index is 13.8. The van der Waals surface area contributed by atoms with Gasteiger partial charge in [0.25, 0.3) is 11.5 Å². The molecular weight excluding hydrogens is 559 g/mol. The molecular formula is C35H23FN4O4. The van der Waals surface area contributed by atoms with Gasteiger partial charge in [-0.2, -0.15) is 9.78 Å². The fourth-order valence-corrected chi connectivity index (χ4v) is 5.01. The third kappa shape index (κ3) is 5.18. The number of furan rings is 1. The first-order chi connectivity index (χ1) is 21.5. The first-order valence-electron chi connectivity index (χ1n) is 13.8. The van der Waals surface area contributed by atoms with Crippen molar-refractivity contribution in [3.8, 4) is 17.3 Å². The van der Waals surface area contributed by atoms with Crippen molar-refractivity contribution in [3.05, 3.63) is 137 Å². The zero-order valence-electron chi connectivity index (χ0n) is 23.1. The number of carbonyl (C=O) groups is 1. The first kappa shape index (κ1) is 26.8. The fraction of sp³-hybridized carbons (Fsp3) is 0.0286. The van der Waals surface area contributed by atoms with Crippen LogP contribution in [0.15, 0.2) is 130 Å². The summed E-state index contributed by atoms with van der Waals surface area (Å²) in [6.45, 7) is -0.307. The predicted molar refractivity (Wildman–Crippen MR) is 169 cm³/mol. The third-order valence-electron chi connectivity index (χ3n) is 7.12. The van der Waals surface area contributed by atoms with Crippen molar-refractivity contribution in [3.63, 3.8) is 0 Å². The number of anilines is 1. The fourth-order valence-electron chi connectivity index (χ4n) is 5.01. The third-order valence-corrected chi connectivity index (χ3v) is 7.12. The van der Waals surface area contributed by atoms with Crippen molar-refractivity contribution in [2.45, 2.75) is 0 Å². The zero-order valence-corrected chi connectivity index (χ0v) is 23.1. The Balaban J connectivity index is 1.30. The minimum absolute atomic E-state index is 0.238. The van der Waals surface area contributed by atoms with Crippen LogP contribution in [0.25, 0.3) is 44.2 Å². The summed E-state index contributed by atoms with van der Waals surface area (Å²) in [5.74, 6) is 0.188.